The Morgan fingerprint density at radius 1 is 1.05 bits per heavy atom. The molecule has 0 radical (unpaired) electrons. The number of alkyl halides is 6. The number of hydrogen-bond acceptors (Lipinski definition) is 6. The number of hydrogen-bond donors (Lipinski definition) is 0. The summed E-state index contributed by atoms with van der Waals surface area (Å²) in [6, 6.07) is 7.52. The summed E-state index contributed by atoms with van der Waals surface area (Å²) in [6.07, 6.45) is -4.86. The van der Waals surface area contributed by atoms with E-state index in [1.54, 1.807) is 0 Å². The SMILES string of the molecule is CCc1cc(N2C(=S)N(c3ccc(C#N)c(C(F)(F)F)c3)C(=O)C2(C)C)ccc1OS(=O)(=O)C(F)(F)F. The van der Waals surface area contributed by atoms with Gasteiger partial charge in [0.1, 0.15) is 11.3 Å². The molecule has 1 heterocycles. The highest BCUT2D eigenvalue weighted by molar-refractivity contribution is 7.88. The lowest BCUT2D eigenvalue weighted by molar-refractivity contribution is -0.137. The van der Waals surface area contributed by atoms with Gasteiger partial charge in [0.15, 0.2) is 5.11 Å². The van der Waals surface area contributed by atoms with Crippen molar-refractivity contribution in [3.8, 4) is 11.8 Å². The molecule has 0 saturated carbocycles. The third-order valence-corrected chi connectivity index (χ3v) is 6.85. The van der Waals surface area contributed by atoms with Crippen molar-refractivity contribution in [1.82, 2.24) is 0 Å². The van der Waals surface area contributed by atoms with E-state index in [-0.39, 0.29) is 28.5 Å². The van der Waals surface area contributed by atoms with Gasteiger partial charge in [-0.15, -0.1) is 0 Å². The van der Waals surface area contributed by atoms with Gasteiger partial charge in [-0.2, -0.15) is 40.0 Å². The molecule has 1 aliphatic heterocycles. The maximum absolute atomic E-state index is 13.5. The Labute approximate surface area is 213 Å². The van der Waals surface area contributed by atoms with Crippen LogP contribution >= 0.6 is 12.2 Å². The number of nitrogens with zero attached hydrogens (tertiary/aromatic N) is 3. The van der Waals surface area contributed by atoms with Crippen LogP contribution in [0.2, 0.25) is 0 Å². The molecule has 1 saturated heterocycles. The second-order valence-electron chi connectivity index (χ2n) is 8.29. The molecule has 15 heteroatoms. The quantitative estimate of drug-likeness (QED) is 0.211. The zero-order chi connectivity index (χ0) is 28.1. The maximum atomic E-state index is 13.5. The summed E-state index contributed by atoms with van der Waals surface area (Å²) in [6.45, 7) is 4.38. The maximum Gasteiger partial charge on any atom is 0.534 e. The van der Waals surface area contributed by atoms with Crippen LogP contribution in [0.4, 0.5) is 37.7 Å². The van der Waals surface area contributed by atoms with Crippen molar-refractivity contribution in [2.75, 3.05) is 9.80 Å². The lowest BCUT2D eigenvalue weighted by Gasteiger charge is -2.30. The van der Waals surface area contributed by atoms with Crippen molar-refractivity contribution in [2.45, 2.75) is 44.4 Å². The number of nitriles is 1. The summed E-state index contributed by atoms with van der Waals surface area (Å²) in [5.41, 5.74) is -9.09. The van der Waals surface area contributed by atoms with Crippen LogP contribution in [0, 0.1) is 11.3 Å². The fourth-order valence-corrected chi connectivity index (χ4v) is 4.70. The summed E-state index contributed by atoms with van der Waals surface area (Å²) in [5.74, 6) is -1.30. The van der Waals surface area contributed by atoms with Crippen LogP contribution in [0.1, 0.15) is 37.5 Å². The highest BCUT2D eigenvalue weighted by Gasteiger charge is 2.51. The molecule has 3 rings (SSSR count). The number of anilines is 2. The molecular weight excluding hydrogens is 548 g/mol. The Hall–Kier alpha value is -3.38. The van der Waals surface area contributed by atoms with E-state index in [0.29, 0.717) is 6.07 Å². The number of halogens is 6. The van der Waals surface area contributed by atoms with E-state index in [4.69, 9.17) is 17.5 Å². The molecule has 0 aromatic heterocycles. The molecule has 198 valence electrons. The van der Waals surface area contributed by atoms with Gasteiger partial charge in [-0.1, -0.05) is 6.92 Å². The fraction of sp³-hybridized carbons (Fsp3) is 0.318. The number of carbonyl (C=O) groups excluding carboxylic acids is 1. The summed E-state index contributed by atoms with van der Waals surface area (Å²) in [7, 11) is -5.94. The molecule has 0 spiro atoms. The number of carbonyl (C=O) groups is 1. The highest BCUT2D eigenvalue weighted by atomic mass is 32.2. The van der Waals surface area contributed by atoms with Gasteiger partial charge in [0.05, 0.1) is 22.9 Å². The number of thiocarbonyl (C=S) groups is 1. The summed E-state index contributed by atoms with van der Waals surface area (Å²) >= 11 is 5.41. The van der Waals surface area contributed by atoms with Crippen LogP contribution in [0.25, 0.3) is 0 Å². The Morgan fingerprint density at radius 3 is 2.16 bits per heavy atom. The summed E-state index contributed by atoms with van der Waals surface area (Å²) in [4.78, 5) is 15.4. The third-order valence-electron chi connectivity index (χ3n) is 5.52. The number of benzene rings is 2. The van der Waals surface area contributed by atoms with Gasteiger partial charge in [-0.25, -0.2) is 0 Å². The lowest BCUT2D eigenvalue weighted by Crippen LogP contribution is -2.44. The molecule has 0 N–H and O–H groups in total. The molecule has 37 heavy (non-hydrogen) atoms. The predicted octanol–water partition coefficient (Wildman–Crippen LogP) is 5.28. The van der Waals surface area contributed by atoms with E-state index in [0.717, 1.165) is 23.1 Å². The van der Waals surface area contributed by atoms with Crippen molar-refractivity contribution in [3.63, 3.8) is 0 Å². The molecule has 0 atom stereocenters. The van der Waals surface area contributed by atoms with E-state index in [1.165, 1.54) is 43.9 Å². The first kappa shape index (κ1) is 28.2. The summed E-state index contributed by atoms with van der Waals surface area (Å²) in [5, 5.41) is 8.78. The lowest BCUT2D eigenvalue weighted by atomic mass is 10.0. The molecule has 2 aromatic carbocycles. The van der Waals surface area contributed by atoms with Crippen LogP contribution in [0.5, 0.6) is 5.75 Å². The van der Waals surface area contributed by atoms with Crippen LogP contribution in [0.15, 0.2) is 36.4 Å². The Morgan fingerprint density at radius 2 is 1.65 bits per heavy atom. The molecule has 0 unspecified atom stereocenters. The zero-order valence-electron chi connectivity index (χ0n) is 19.2. The Kier molecular flexibility index (Phi) is 6.99. The molecule has 0 aliphatic carbocycles. The molecular formula is C22H17F6N3O4S2. The molecule has 1 amide bonds. The Bertz CT molecular complexity index is 1430. The van der Waals surface area contributed by atoms with Crippen molar-refractivity contribution < 1.29 is 43.7 Å². The van der Waals surface area contributed by atoms with Gasteiger partial charge >= 0.3 is 21.8 Å². The van der Waals surface area contributed by atoms with E-state index < -0.39 is 50.1 Å². The second-order valence-corrected chi connectivity index (χ2v) is 10.2. The van der Waals surface area contributed by atoms with Gasteiger partial charge in [0.2, 0.25) is 0 Å². The molecule has 0 bridgehead atoms. The van der Waals surface area contributed by atoms with Gasteiger partial charge in [0.25, 0.3) is 5.91 Å². The number of amides is 1. The average Bonchev–Trinajstić information content (AvgIpc) is 2.95. The third kappa shape index (κ3) is 4.95. The van der Waals surface area contributed by atoms with Crippen LogP contribution in [-0.2, 0) is 27.5 Å². The molecule has 1 aliphatic rings. The van der Waals surface area contributed by atoms with E-state index in [2.05, 4.69) is 4.18 Å². The minimum absolute atomic E-state index is 0.0276. The predicted molar refractivity (Wildman–Crippen MR) is 124 cm³/mol. The van der Waals surface area contributed by atoms with Gasteiger partial charge in [0, 0.05) is 5.69 Å². The first-order chi connectivity index (χ1) is 16.9. The standard InChI is InChI=1S/C22H17F6N3O4S2/c1-4-12-9-15(7-8-17(12)35-37(33,34)22(26,27)28)31-19(36)30(18(32)20(31,2)3)14-6-5-13(11-29)16(10-14)21(23,24)25/h5-10H,4H2,1-3H3. The summed E-state index contributed by atoms with van der Waals surface area (Å²) < 4.78 is 106. The van der Waals surface area contributed by atoms with Crippen LogP contribution < -0.4 is 14.0 Å². The first-order valence-electron chi connectivity index (χ1n) is 10.3. The Balaban J connectivity index is 2.08. The second kappa shape index (κ2) is 9.18. The van der Waals surface area contributed by atoms with E-state index in [9.17, 15) is 39.6 Å². The van der Waals surface area contributed by atoms with E-state index >= 15 is 0 Å². The van der Waals surface area contributed by atoms with Gasteiger partial charge in [-0.05, 0) is 74.4 Å². The fourth-order valence-electron chi connectivity index (χ4n) is 3.69. The number of aryl methyl sites for hydroxylation is 1. The molecule has 2 aromatic rings. The largest absolute Gasteiger partial charge is 0.534 e. The molecule has 1 fully saturated rings. The minimum Gasteiger partial charge on any atom is -0.376 e. The van der Waals surface area contributed by atoms with Crippen molar-refractivity contribution in [3.05, 3.63) is 53.1 Å². The monoisotopic (exact) mass is 565 g/mol. The topological polar surface area (TPSA) is 90.7 Å². The van der Waals surface area contributed by atoms with Gasteiger partial charge < -0.3 is 9.08 Å². The van der Waals surface area contributed by atoms with Crippen LogP contribution in [0.3, 0.4) is 0 Å². The average molecular weight is 566 g/mol. The zero-order valence-corrected chi connectivity index (χ0v) is 20.9. The van der Waals surface area contributed by atoms with Crippen molar-refractivity contribution in [2.24, 2.45) is 0 Å². The first-order valence-corrected chi connectivity index (χ1v) is 12.1. The minimum atomic E-state index is -5.94. The van der Waals surface area contributed by atoms with Gasteiger partial charge in [-0.3, -0.25) is 9.69 Å². The van der Waals surface area contributed by atoms with Crippen LogP contribution in [-0.4, -0.2) is 30.5 Å². The smallest absolute Gasteiger partial charge is 0.376 e. The van der Waals surface area contributed by atoms with Crippen molar-refractivity contribution >= 4 is 44.7 Å². The highest BCUT2D eigenvalue weighted by Crippen LogP contribution is 2.41. The van der Waals surface area contributed by atoms with E-state index in [1.807, 2.05) is 0 Å². The normalized spacial score (nSPS) is 16.2. The number of rotatable bonds is 5. The van der Waals surface area contributed by atoms with Crippen molar-refractivity contribution in [1.29, 1.82) is 5.26 Å². The molecule has 7 nitrogen and oxygen atoms in total.